The van der Waals surface area contributed by atoms with Crippen LogP contribution in [-0.2, 0) is 11.2 Å². The summed E-state index contributed by atoms with van der Waals surface area (Å²) in [5.41, 5.74) is 2.88. The topological polar surface area (TPSA) is 64.1 Å². The van der Waals surface area contributed by atoms with E-state index in [-0.39, 0.29) is 12.3 Å². The van der Waals surface area contributed by atoms with Crippen LogP contribution in [0.3, 0.4) is 0 Å². The van der Waals surface area contributed by atoms with Crippen molar-refractivity contribution in [3.63, 3.8) is 0 Å². The Kier molecular flexibility index (Phi) is 5.74. The normalized spacial score (nSPS) is 10.4. The first kappa shape index (κ1) is 17.1. The zero-order chi connectivity index (χ0) is 17.5. The number of carbonyl (C=O) groups is 1. The van der Waals surface area contributed by atoms with Crippen molar-refractivity contribution in [1.29, 1.82) is 0 Å². The lowest BCUT2D eigenvalue weighted by atomic mass is 10.2. The highest BCUT2D eigenvalue weighted by atomic mass is 32.1. The largest absolute Gasteiger partial charge is 0.492 e. The number of hydrogen-bond donors (Lipinski definition) is 1. The zero-order valence-electron chi connectivity index (χ0n) is 13.9. The lowest BCUT2D eigenvalue weighted by Gasteiger charge is -2.07. The molecule has 0 saturated heterocycles. The molecule has 2 heterocycles. The summed E-state index contributed by atoms with van der Waals surface area (Å²) in [6.07, 6.45) is 3.76. The molecule has 0 saturated carbocycles. The SMILES string of the molecule is Cc1cccc(OCCNC(=O)Cc2csc(-c3cccnc3)n2)c1. The second kappa shape index (κ2) is 8.39. The molecule has 3 aromatic rings. The second-order valence-corrected chi connectivity index (χ2v) is 6.44. The van der Waals surface area contributed by atoms with E-state index in [4.69, 9.17) is 4.74 Å². The van der Waals surface area contributed by atoms with Crippen molar-refractivity contribution in [3.8, 4) is 16.3 Å². The number of pyridine rings is 1. The minimum atomic E-state index is -0.0594. The van der Waals surface area contributed by atoms with Crippen LogP contribution in [0.25, 0.3) is 10.6 Å². The third kappa shape index (κ3) is 5.12. The van der Waals surface area contributed by atoms with Gasteiger partial charge in [-0.1, -0.05) is 12.1 Å². The Morgan fingerprint density at radius 3 is 3.00 bits per heavy atom. The van der Waals surface area contributed by atoms with E-state index in [0.717, 1.165) is 27.6 Å². The Labute approximate surface area is 150 Å². The molecule has 0 fully saturated rings. The summed E-state index contributed by atoms with van der Waals surface area (Å²) in [5, 5.41) is 5.64. The fourth-order valence-electron chi connectivity index (χ4n) is 2.30. The molecule has 5 nitrogen and oxygen atoms in total. The summed E-state index contributed by atoms with van der Waals surface area (Å²) < 4.78 is 5.61. The van der Waals surface area contributed by atoms with Gasteiger partial charge in [0.25, 0.3) is 0 Å². The molecule has 0 spiro atoms. The molecule has 0 aliphatic heterocycles. The van der Waals surface area contributed by atoms with E-state index in [1.54, 1.807) is 12.4 Å². The van der Waals surface area contributed by atoms with Gasteiger partial charge in [-0.15, -0.1) is 11.3 Å². The standard InChI is InChI=1S/C19H19N3O2S/c1-14-4-2-6-17(10-14)24-9-8-21-18(23)11-16-13-25-19(22-16)15-5-3-7-20-12-15/h2-7,10,12-13H,8-9,11H2,1H3,(H,21,23). The van der Waals surface area contributed by atoms with Gasteiger partial charge in [0.05, 0.1) is 18.7 Å². The van der Waals surface area contributed by atoms with Gasteiger partial charge in [-0.3, -0.25) is 9.78 Å². The molecule has 0 radical (unpaired) electrons. The van der Waals surface area contributed by atoms with Crippen molar-refractivity contribution in [3.05, 3.63) is 65.4 Å². The number of aromatic nitrogens is 2. The number of hydrogen-bond acceptors (Lipinski definition) is 5. The first-order valence-electron chi connectivity index (χ1n) is 8.02. The first-order chi connectivity index (χ1) is 12.2. The molecule has 1 aromatic carbocycles. The molecule has 3 rings (SSSR count). The molecule has 0 atom stereocenters. The Bertz CT molecular complexity index is 833. The van der Waals surface area contributed by atoms with Gasteiger partial charge in [-0.05, 0) is 36.8 Å². The van der Waals surface area contributed by atoms with Crippen molar-refractivity contribution in [1.82, 2.24) is 15.3 Å². The van der Waals surface area contributed by atoms with Crippen molar-refractivity contribution in [2.45, 2.75) is 13.3 Å². The molecule has 2 aromatic heterocycles. The third-order valence-corrected chi connectivity index (χ3v) is 4.42. The van der Waals surface area contributed by atoms with E-state index in [0.29, 0.717) is 13.2 Å². The third-order valence-electron chi connectivity index (χ3n) is 3.48. The highest BCUT2D eigenvalue weighted by molar-refractivity contribution is 7.13. The van der Waals surface area contributed by atoms with Gasteiger partial charge in [0.2, 0.25) is 5.91 Å². The fourth-order valence-corrected chi connectivity index (χ4v) is 3.11. The average Bonchev–Trinajstić information content (AvgIpc) is 3.08. The average molecular weight is 353 g/mol. The van der Waals surface area contributed by atoms with Crippen molar-refractivity contribution in [2.75, 3.05) is 13.2 Å². The number of ether oxygens (including phenoxy) is 1. The zero-order valence-corrected chi connectivity index (χ0v) is 14.8. The highest BCUT2D eigenvalue weighted by Crippen LogP contribution is 2.22. The smallest absolute Gasteiger partial charge is 0.226 e. The maximum Gasteiger partial charge on any atom is 0.226 e. The number of amides is 1. The van der Waals surface area contributed by atoms with Crippen LogP contribution in [0.4, 0.5) is 0 Å². The molecule has 0 unspecified atom stereocenters. The Morgan fingerprint density at radius 2 is 2.20 bits per heavy atom. The lowest BCUT2D eigenvalue weighted by Crippen LogP contribution is -2.29. The van der Waals surface area contributed by atoms with Crippen molar-refractivity contribution >= 4 is 17.2 Å². The van der Waals surface area contributed by atoms with Crippen LogP contribution in [0.2, 0.25) is 0 Å². The van der Waals surface area contributed by atoms with Crippen LogP contribution >= 0.6 is 11.3 Å². The second-order valence-electron chi connectivity index (χ2n) is 5.58. The van der Waals surface area contributed by atoms with Gasteiger partial charge in [0.15, 0.2) is 0 Å². The van der Waals surface area contributed by atoms with Crippen LogP contribution < -0.4 is 10.1 Å². The summed E-state index contributed by atoms with van der Waals surface area (Å²) in [5.74, 6) is 0.755. The Balaban J connectivity index is 1.43. The van der Waals surface area contributed by atoms with Gasteiger partial charge in [0.1, 0.15) is 17.4 Å². The predicted molar refractivity (Wildman–Crippen MR) is 98.7 cm³/mol. The number of aryl methyl sites for hydroxylation is 1. The fraction of sp³-hybridized carbons (Fsp3) is 0.211. The molecular weight excluding hydrogens is 334 g/mol. The molecule has 6 heteroatoms. The van der Waals surface area contributed by atoms with Crippen LogP contribution in [0.15, 0.2) is 54.2 Å². The van der Waals surface area contributed by atoms with Crippen molar-refractivity contribution in [2.24, 2.45) is 0 Å². The summed E-state index contributed by atoms with van der Waals surface area (Å²) in [6, 6.07) is 11.7. The van der Waals surface area contributed by atoms with Gasteiger partial charge < -0.3 is 10.1 Å². The van der Waals surface area contributed by atoms with E-state index in [2.05, 4.69) is 15.3 Å². The minimum Gasteiger partial charge on any atom is -0.492 e. The molecule has 128 valence electrons. The van der Waals surface area contributed by atoms with Gasteiger partial charge in [-0.2, -0.15) is 0 Å². The quantitative estimate of drug-likeness (QED) is 0.662. The number of nitrogens with zero attached hydrogens (tertiary/aromatic N) is 2. The number of thiazole rings is 1. The molecule has 1 amide bonds. The molecule has 0 bridgehead atoms. The maximum absolute atomic E-state index is 12.0. The maximum atomic E-state index is 12.0. The number of rotatable bonds is 7. The van der Waals surface area contributed by atoms with Crippen LogP contribution in [0.1, 0.15) is 11.3 Å². The molecule has 1 N–H and O–H groups in total. The van der Waals surface area contributed by atoms with Crippen LogP contribution in [0, 0.1) is 6.92 Å². The molecular formula is C19H19N3O2S. The van der Waals surface area contributed by atoms with Gasteiger partial charge >= 0.3 is 0 Å². The number of nitrogens with one attached hydrogen (secondary N) is 1. The van der Waals surface area contributed by atoms with Crippen molar-refractivity contribution < 1.29 is 9.53 Å². The molecule has 25 heavy (non-hydrogen) atoms. The number of carbonyl (C=O) groups excluding carboxylic acids is 1. The Morgan fingerprint density at radius 1 is 1.28 bits per heavy atom. The first-order valence-corrected chi connectivity index (χ1v) is 8.89. The summed E-state index contributed by atoms with van der Waals surface area (Å²) in [7, 11) is 0. The van der Waals surface area contributed by atoms with Gasteiger partial charge in [0, 0.05) is 23.3 Å². The Hall–Kier alpha value is -2.73. The summed E-state index contributed by atoms with van der Waals surface area (Å²) in [4.78, 5) is 20.6. The summed E-state index contributed by atoms with van der Waals surface area (Å²) in [6.45, 7) is 2.92. The van der Waals surface area contributed by atoms with E-state index in [1.165, 1.54) is 11.3 Å². The van der Waals surface area contributed by atoms with Crippen LogP contribution in [0.5, 0.6) is 5.75 Å². The minimum absolute atomic E-state index is 0.0594. The van der Waals surface area contributed by atoms with E-state index in [1.807, 2.05) is 48.7 Å². The lowest BCUT2D eigenvalue weighted by molar-refractivity contribution is -0.120. The van der Waals surface area contributed by atoms with Crippen LogP contribution in [-0.4, -0.2) is 29.0 Å². The molecule has 0 aliphatic carbocycles. The summed E-state index contributed by atoms with van der Waals surface area (Å²) >= 11 is 1.52. The van der Waals surface area contributed by atoms with E-state index in [9.17, 15) is 4.79 Å². The monoisotopic (exact) mass is 353 g/mol. The molecule has 0 aliphatic rings. The van der Waals surface area contributed by atoms with E-state index < -0.39 is 0 Å². The highest BCUT2D eigenvalue weighted by Gasteiger charge is 2.09. The number of benzene rings is 1. The van der Waals surface area contributed by atoms with Gasteiger partial charge in [-0.25, -0.2) is 4.98 Å². The van der Waals surface area contributed by atoms with E-state index >= 15 is 0 Å². The predicted octanol–water partition coefficient (Wildman–Crippen LogP) is 3.25.